The largest absolute Gasteiger partial charge is 0.491 e. The zero-order valence-corrected chi connectivity index (χ0v) is 10.3. The summed E-state index contributed by atoms with van der Waals surface area (Å²) in [5.41, 5.74) is 1.79. The molecule has 0 radical (unpaired) electrons. The lowest BCUT2D eigenvalue weighted by molar-refractivity contribution is 0.243. The van der Waals surface area contributed by atoms with Crippen LogP contribution in [0.3, 0.4) is 0 Å². The molecule has 1 aliphatic heterocycles. The van der Waals surface area contributed by atoms with Crippen LogP contribution < -0.4 is 15.4 Å². The molecule has 2 N–H and O–H groups in total. The summed E-state index contributed by atoms with van der Waals surface area (Å²) >= 11 is 0. The van der Waals surface area contributed by atoms with Gasteiger partial charge in [0.15, 0.2) is 0 Å². The lowest BCUT2D eigenvalue weighted by Crippen LogP contribution is -2.33. The van der Waals surface area contributed by atoms with Crippen molar-refractivity contribution in [3.63, 3.8) is 0 Å². The van der Waals surface area contributed by atoms with E-state index in [1.807, 2.05) is 54.6 Å². The predicted molar refractivity (Wildman–Crippen MR) is 73.3 cm³/mol. The average molecular weight is 254 g/mol. The molecule has 1 unspecified atom stereocenters. The van der Waals surface area contributed by atoms with Gasteiger partial charge >= 0.3 is 6.03 Å². The highest BCUT2D eigenvalue weighted by Gasteiger charge is 2.24. The molecule has 2 aromatic carbocycles. The van der Waals surface area contributed by atoms with E-state index in [4.69, 9.17) is 4.74 Å². The van der Waals surface area contributed by atoms with Gasteiger partial charge in [-0.3, -0.25) is 0 Å². The molecule has 0 saturated heterocycles. The van der Waals surface area contributed by atoms with Gasteiger partial charge in [0.2, 0.25) is 0 Å². The van der Waals surface area contributed by atoms with Crippen molar-refractivity contribution in [3.05, 3.63) is 60.2 Å². The van der Waals surface area contributed by atoms with Crippen molar-refractivity contribution in [1.29, 1.82) is 0 Å². The molecule has 19 heavy (non-hydrogen) atoms. The third-order valence-electron chi connectivity index (χ3n) is 3.04. The van der Waals surface area contributed by atoms with Crippen LogP contribution in [0.25, 0.3) is 0 Å². The number of carbonyl (C=O) groups excluding carboxylic acids is 1. The molecule has 0 aliphatic carbocycles. The van der Waals surface area contributed by atoms with Crippen molar-refractivity contribution in [1.82, 2.24) is 5.32 Å². The first-order chi connectivity index (χ1) is 9.33. The Morgan fingerprint density at radius 1 is 1.05 bits per heavy atom. The Balaban J connectivity index is 1.65. The van der Waals surface area contributed by atoms with Gasteiger partial charge in [-0.05, 0) is 18.2 Å². The Labute approximate surface area is 111 Å². The molecule has 0 fully saturated rings. The first kappa shape index (κ1) is 11.6. The average Bonchev–Trinajstić information content (AvgIpc) is 2.83. The summed E-state index contributed by atoms with van der Waals surface area (Å²) in [5.74, 6) is 0.840. The summed E-state index contributed by atoms with van der Waals surface area (Å²) in [4.78, 5) is 11.9. The maximum Gasteiger partial charge on any atom is 0.319 e. The second-order valence-corrected chi connectivity index (χ2v) is 4.37. The standard InChI is InChI=1S/C15H14N2O2/c18-15(16-11-6-2-1-3-7-11)17-13-10-19-14-9-5-4-8-12(13)14/h1-9,13H,10H2,(H2,16,17,18). The Morgan fingerprint density at radius 3 is 2.63 bits per heavy atom. The van der Waals surface area contributed by atoms with E-state index < -0.39 is 0 Å². The predicted octanol–water partition coefficient (Wildman–Crippen LogP) is 2.94. The van der Waals surface area contributed by atoms with Crippen LogP contribution in [0, 0.1) is 0 Å². The van der Waals surface area contributed by atoms with Crippen LogP contribution in [0.1, 0.15) is 11.6 Å². The number of carbonyl (C=O) groups is 1. The highest BCUT2D eigenvalue weighted by atomic mass is 16.5. The lowest BCUT2D eigenvalue weighted by Gasteiger charge is -2.12. The first-order valence-electron chi connectivity index (χ1n) is 6.17. The number of anilines is 1. The van der Waals surface area contributed by atoms with Crippen LogP contribution in [-0.4, -0.2) is 12.6 Å². The molecule has 0 spiro atoms. The van der Waals surface area contributed by atoms with Gasteiger partial charge in [-0.15, -0.1) is 0 Å². The fraction of sp³-hybridized carbons (Fsp3) is 0.133. The molecule has 1 aliphatic rings. The normalized spacial score (nSPS) is 16.3. The number of hydrogen-bond acceptors (Lipinski definition) is 2. The van der Waals surface area contributed by atoms with E-state index in [2.05, 4.69) is 10.6 Å². The minimum atomic E-state index is -0.225. The second kappa shape index (κ2) is 5.02. The topological polar surface area (TPSA) is 50.4 Å². The monoisotopic (exact) mass is 254 g/mol. The quantitative estimate of drug-likeness (QED) is 0.865. The summed E-state index contributed by atoms with van der Waals surface area (Å²) in [5, 5.41) is 5.70. The third-order valence-corrected chi connectivity index (χ3v) is 3.04. The number of rotatable bonds is 2. The molecule has 0 aromatic heterocycles. The van der Waals surface area contributed by atoms with Gasteiger partial charge in [0.25, 0.3) is 0 Å². The number of amides is 2. The molecule has 3 rings (SSSR count). The fourth-order valence-corrected chi connectivity index (χ4v) is 2.13. The van der Waals surface area contributed by atoms with E-state index in [-0.39, 0.29) is 12.1 Å². The van der Waals surface area contributed by atoms with E-state index in [9.17, 15) is 4.79 Å². The summed E-state index contributed by atoms with van der Waals surface area (Å²) in [7, 11) is 0. The van der Waals surface area contributed by atoms with Gasteiger partial charge in [0.1, 0.15) is 12.4 Å². The van der Waals surface area contributed by atoms with E-state index in [1.165, 1.54) is 0 Å². The zero-order valence-electron chi connectivity index (χ0n) is 10.3. The highest BCUT2D eigenvalue weighted by molar-refractivity contribution is 5.89. The maximum atomic E-state index is 11.9. The molecule has 2 amide bonds. The van der Waals surface area contributed by atoms with E-state index in [1.54, 1.807) is 0 Å². The molecule has 96 valence electrons. The van der Waals surface area contributed by atoms with Gasteiger partial charge in [-0.1, -0.05) is 36.4 Å². The highest BCUT2D eigenvalue weighted by Crippen LogP contribution is 2.31. The van der Waals surface area contributed by atoms with Crippen molar-refractivity contribution in [2.45, 2.75) is 6.04 Å². The third kappa shape index (κ3) is 2.52. The Hall–Kier alpha value is -2.49. The molecule has 4 nitrogen and oxygen atoms in total. The molecule has 0 saturated carbocycles. The van der Waals surface area contributed by atoms with Gasteiger partial charge in [0, 0.05) is 11.3 Å². The SMILES string of the molecule is O=C(Nc1ccccc1)NC1COc2ccccc21. The van der Waals surface area contributed by atoms with Gasteiger partial charge in [0.05, 0.1) is 6.04 Å². The minimum Gasteiger partial charge on any atom is -0.491 e. The van der Waals surface area contributed by atoms with E-state index in [0.717, 1.165) is 17.0 Å². The fourth-order valence-electron chi connectivity index (χ4n) is 2.13. The number of para-hydroxylation sites is 2. The van der Waals surface area contributed by atoms with E-state index in [0.29, 0.717) is 6.61 Å². The molecule has 1 atom stereocenters. The van der Waals surface area contributed by atoms with Crippen LogP contribution in [-0.2, 0) is 0 Å². The van der Waals surface area contributed by atoms with Crippen molar-refractivity contribution in [2.24, 2.45) is 0 Å². The number of ether oxygens (including phenoxy) is 1. The van der Waals surface area contributed by atoms with Crippen molar-refractivity contribution >= 4 is 11.7 Å². The van der Waals surface area contributed by atoms with Crippen LogP contribution in [0.15, 0.2) is 54.6 Å². The number of nitrogens with one attached hydrogen (secondary N) is 2. The van der Waals surface area contributed by atoms with Crippen LogP contribution in [0.2, 0.25) is 0 Å². The number of fused-ring (bicyclic) bond motifs is 1. The van der Waals surface area contributed by atoms with Crippen LogP contribution in [0.4, 0.5) is 10.5 Å². The van der Waals surface area contributed by atoms with Crippen LogP contribution in [0.5, 0.6) is 5.75 Å². The Bertz CT molecular complexity index is 584. The summed E-state index contributed by atoms with van der Waals surface area (Å²) in [6.07, 6.45) is 0. The minimum absolute atomic E-state index is 0.0973. The summed E-state index contributed by atoms with van der Waals surface area (Å²) < 4.78 is 5.52. The Kier molecular flexibility index (Phi) is 3.06. The van der Waals surface area contributed by atoms with Gasteiger partial charge in [-0.2, -0.15) is 0 Å². The smallest absolute Gasteiger partial charge is 0.319 e. The van der Waals surface area contributed by atoms with Gasteiger partial charge in [-0.25, -0.2) is 4.79 Å². The molecule has 2 aromatic rings. The van der Waals surface area contributed by atoms with Crippen molar-refractivity contribution < 1.29 is 9.53 Å². The molecular weight excluding hydrogens is 240 g/mol. The summed E-state index contributed by atoms with van der Waals surface area (Å²) in [6, 6.07) is 16.8. The first-order valence-corrected chi connectivity index (χ1v) is 6.17. The van der Waals surface area contributed by atoms with Crippen molar-refractivity contribution in [3.8, 4) is 5.75 Å². The second-order valence-electron chi connectivity index (χ2n) is 4.37. The number of hydrogen-bond donors (Lipinski definition) is 2. The zero-order chi connectivity index (χ0) is 13.1. The molecule has 0 bridgehead atoms. The lowest BCUT2D eigenvalue weighted by atomic mass is 10.1. The molecular formula is C15H14N2O2. The maximum absolute atomic E-state index is 11.9. The Morgan fingerprint density at radius 2 is 1.79 bits per heavy atom. The van der Waals surface area contributed by atoms with Crippen molar-refractivity contribution in [2.75, 3.05) is 11.9 Å². The summed E-state index contributed by atoms with van der Waals surface area (Å²) in [6.45, 7) is 0.474. The van der Waals surface area contributed by atoms with E-state index >= 15 is 0 Å². The molecule has 1 heterocycles. The van der Waals surface area contributed by atoms with Gasteiger partial charge < -0.3 is 15.4 Å². The molecule has 4 heteroatoms. The number of benzene rings is 2. The number of urea groups is 1. The van der Waals surface area contributed by atoms with Crippen LogP contribution >= 0.6 is 0 Å².